The number of hydrogen-bond acceptors (Lipinski definition) is 6. The van der Waals surface area contributed by atoms with Crippen LogP contribution in [-0.2, 0) is 35.6 Å². The Morgan fingerprint density at radius 2 is 1.48 bits per heavy atom. The first kappa shape index (κ1) is 28.6. The summed E-state index contributed by atoms with van der Waals surface area (Å²) in [7, 11) is 0. The van der Waals surface area contributed by atoms with Crippen LogP contribution in [0.3, 0.4) is 0 Å². The average Bonchev–Trinajstić information content (AvgIpc) is 3.38. The van der Waals surface area contributed by atoms with Crippen LogP contribution in [0.5, 0.6) is 17.2 Å². The molecule has 7 nitrogen and oxygen atoms in total. The lowest BCUT2D eigenvalue weighted by molar-refractivity contribution is -0.136. The van der Waals surface area contributed by atoms with Gasteiger partial charge in [0.15, 0.2) is 0 Å². The van der Waals surface area contributed by atoms with Gasteiger partial charge in [-0.3, -0.25) is 4.79 Å². The van der Waals surface area contributed by atoms with Gasteiger partial charge in [0.1, 0.15) is 23.0 Å². The summed E-state index contributed by atoms with van der Waals surface area (Å²) >= 11 is 0. The third-order valence-electron chi connectivity index (χ3n) is 6.74. The van der Waals surface area contributed by atoms with Crippen LogP contribution in [0.4, 0.5) is 0 Å². The Labute approximate surface area is 245 Å². The fraction of sp³-hybridized carbons (Fsp3) is 0.200. The number of nitrogens with zero attached hydrogens (tertiary/aromatic N) is 1. The molecule has 0 bridgehead atoms. The predicted molar refractivity (Wildman–Crippen MR) is 160 cm³/mol. The molecule has 0 spiro atoms. The van der Waals surface area contributed by atoms with Crippen molar-refractivity contribution >= 4 is 5.97 Å². The van der Waals surface area contributed by atoms with Crippen molar-refractivity contribution in [1.29, 1.82) is 0 Å². The molecular weight excluding hydrogens is 530 g/mol. The molecule has 0 unspecified atom stereocenters. The van der Waals surface area contributed by atoms with Crippen LogP contribution in [-0.4, -0.2) is 22.7 Å². The Morgan fingerprint density at radius 1 is 0.786 bits per heavy atom. The minimum absolute atomic E-state index is 0.0580. The highest BCUT2D eigenvalue weighted by Gasteiger charge is 2.13. The van der Waals surface area contributed by atoms with Gasteiger partial charge in [0.2, 0.25) is 5.89 Å². The quantitative estimate of drug-likeness (QED) is 0.147. The van der Waals surface area contributed by atoms with Gasteiger partial charge in [-0.05, 0) is 78.6 Å². The van der Waals surface area contributed by atoms with E-state index in [0.717, 1.165) is 45.2 Å². The second-order valence-corrected chi connectivity index (χ2v) is 9.86. The Bertz CT molecular complexity index is 1580. The lowest BCUT2D eigenvalue weighted by Gasteiger charge is -2.13. The molecule has 0 aliphatic heterocycles. The summed E-state index contributed by atoms with van der Waals surface area (Å²) in [5.74, 6) is 2.68. The number of aliphatic carboxylic acids is 1. The second kappa shape index (κ2) is 14.1. The Kier molecular flexibility index (Phi) is 9.65. The van der Waals surface area contributed by atoms with E-state index in [-0.39, 0.29) is 6.42 Å². The molecule has 1 aromatic heterocycles. The summed E-state index contributed by atoms with van der Waals surface area (Å²) in [5, 5.41) is 9.16. The summed E-state index contributed by atoms with van der Waals surface area (Å²) in [4.78, 5) is 15.9. The second-order valence-electron chi connectivity index (χ2n) is 9.86. The smallest absolute Gasteiger partial charge is 0.303 e. The van der Waals surface area contributed by atoms with E-state index in [9.17, 15) is 4.79 Å². The van der Waals surface area contributed by atoms with Gasteiger partial charge in [0.25, 0.3) is 0 Å². The number of ether oxygens (including phenoxy) is 3. The van der Waals surface area contributed by atoms with Crippen molar-refractivity contribution in [3.05, 3.63) is 131 Å². The lowest BCUT2D eigenvalue weighted by atomic mass is 10.0. The maximum Gasteiger partial charge on any atom is 0.303 e. The molecule has 1 N–H and O–H groups in total. The van der Waals surface area contributed by atoms with Crippen LogP contribution in [0.1, 0.15) is 34.6 Å². The highest BCUT2D eigenvalue weighted by molar-refractivity contribution is 5.67. The van der Waals surface area contributed by atoms with Gasteiger partial charge in [0, 0.05) is 18.4 Å². The van der Waals surface area contributed by atoms with E-state index in [1.54, 1.807) is 0 Å². The zero-order valence-electron chi connectivity index (χ0n) is 23.5. The van der Waals surface area contributed by atoms with Gasteiger partial charge in [-0.25, -0.2) is 4.98 Å². The maximum absolute atomic E-state index is 11.2. The van der Waals surface area contributed by atoms with Crippen LogP contribution in [0.25, 0.3) is 11.5 Å². The predicted octanol–water partition coefficient (Wildman–Crippen LogP) is 7.80. The van der Waals surface area contributed by atoms with E-state index in [0.29, 0.717) is 44.3 Å². The molecule has 0 fully saturated rings. The topological polar surface area (TPSA) is 91.0 Å². The third kappa shape index (κ3) is 8.08. The van der Waals surface area contributed by atoms with Crippen LogP contribution >= 0.6 is 0 Å². The zero-order chi connectivity index (χ0) is 29.1. The summed E-state index contributed by atoms with van der Waals surface area (Å²) in [6, 6.07) is 32.9. The molecule has 42 heavy (non-hydrogen) atoms. The number of para-hydroxylation sites is 1. The zero-order valence-corrected chi connectivity index (χ0v) is 23.5. The number of aromatic nitrogens is 1. The first-order chi connectivity index (χ1) is 20.5. The van der Waals surface area contributed by atoms with Crippen LogP contribution in [0, 0.1) is 6.92 Å². The largest absolute Gasteiger partial charge is 0.493 e. The number of rotatable bonds is 14. The van der Waals surface area contributed by atoms with Gasteiger partial charge < -0.3 is 23.7 Å². The lowest BCUT2D eigenvalue weighted by Crippen LogP contribution is -2.06. The number of carboxylic acids is 1. The molecule has 214 valence electrons. The van der Waals surface area contributed by atoms with E-state index in [1.807, 2.05) is 110 Å². The molecule has 0 saturated heterocycles. The van der Waals surface area contributed by atoms with E-state index in [4.69, 9.17) is 28.7 Å². The summed E-state index contributed by atoms with van der Waals surface area (Å²) in [5.41, 5.74) is 4.64. The maximum atomic E-state index is 11.2. The van der Waals surface area contributed by atoms with Gasteiger partial charge in [-0.15, -0.1) is 0 Å². The SMILES string of the molecule is Cc1oc(-c2ccc(Oc3ccccc3)cc2)nc1CCOc1ccc(CCC(=O)O)c(COCc2ccccc2)c1. The van der Waals surface area contributed by atoms with Crippen molar-refractivity contribution in [1.82, 2.24) is 4.98 Å². The molecule has 0 aliphatic rings. The summed E-state index contributed by atoms with van der Waals surface area (Å²) in [6.45, 7) is 3.15. The summed E-state index contributed by atoms with van der Waals surface area (Å²) in [6.07, 6.45) is 1.06. The van der Waals surface area contributed by atoms with Gasteiger partial charge in [-0.1, -0.05) is 54.6 Å². The van der Waals surface area contributed by atoms with E-state index in [2.05, 4.69) is 0 Å². The molecule has 0 amide bonds. The van der Waals surface area contributed by atoms with Crippen molar-refractivity contribution in [2.45, 2.75) is 39.4 Å². The fourth-order valence-corrected chi connectivity index (χ4v) is 4.50. The standard InChI is InChI=1S/C35H33NO6/c1-25-33(36-35(41-25)28-13-16-31(17-14-28)42-30-10-6-3-7-11-30)20-21-40-32-18-12-27(15-19-34(37)38)29(22-32)24-39-23-26-8-4-2-5-9-26/h2-14,16-18,22H,15,19-21,23-24H2,1H3,(H,37,38). The van der Waals surface area contributed by atoms with Gasteiger partial charge in [0.05, 0.1) is 25.5 Å². The highest BCUT2D eigenvalue weighted by Crippen LogP contribution is 2.27. The van der Waals surface area contributed by atoms with E-state index >= 15 is 0 Å². The van der Waals surface area contributed by atoms with Crippen molar-refractivity contribution in [2.75, 3.05) is 6.61 Å². The van der Waals surface area contributed by atoms with E-state index < -0.39 is 5.97 Å². The van der Waals surface area contributed by atoms with Gasteiger partial charge in [-0.2, -0.15) is 0 Å². The number of aryl methyl sites for hydroxylation is 2. The first-order valence-electron chi connectivity index (χ1n) is 13.9. The molecular formula is C35H33NO6. The molecule has 0 saturated carbocycles. The van der Waals surface area contributed by atoms with Crippen molar-refractivity contribution in [3.8, 4) is 28.7 Å². The first-order valence-corrected chi connectivity index (χ1v) is 13.9. The van der Waals surface area contributed by atoms with Crippen LogP contribution < -0.4 is 9.47 Å². The van der Waals surface area contributed by atoms with Crippen molar-refractivity contribution < 1.29 is 28.5 Å². The highest BCUT2D eigenvalue weighted by atomic mass is 16.5. The monoisotopic (exact) mass is 563 g/mol. The Hall–Kier alpha value is -4.88. The number of oxazole rings is 1. The average molecular weight is 564 g/mol. The fourth-order valence-electron chi connectivity index (χ4n) is 4.50. The molecule has 0 aliphatic carbocycles. The van der Waals surface area contributed by atoms with Crippen LogP contribution in [0.15, 0.2) is 108 Å². The molecule has 4 aromatic carbocycles. The Balaban J connectivity index is 1.18. The van der Waals surface area contributed by atoms with Crippen molar-refractivity contribution in [2.24, 2.45) is 0 Å². The third-order valence-corrected chi connectivity index (χ3v) is 6.74. The molecule has 0 radical (unpaired) electrons. The number of hydrogen-bond donors (Lipinski definition) is 1. The normalized spacial score (nSPS) is 10.9. The Morgan fingerprint density at radius 3 is 2.21 bits per heavy atom. The molecule has 1 heterocycles. The molecule has 0 atom stereocenters. The minimum atomic E-state index is -0.828. The number of carboxylic acid groups (broad SMARTS) is 1. The number of benzene rings is 4. The molecule has 7 heteroatoms. The summed E-state index contributed by atoms with van der Waals surface area (Å²) < 4.78 is 23.8. The van der Waals surface area contributed by atoms with E-state index in [1.165, 1.54) is 0 Å². The minimum Gasteiger partial charge on any atom is -0.493 e. The van der Waals surface area contributed by atoms with Crippen molar-refractivity contribution in [3.63, 3.8) is 0 Å². The van der Waals surface area contributed by atoms with Gasteiger partial charge >= 0.3 is 5.97 Å². The molecule has 5 rings (SSSR count). The number of carbonyl (C=O) groups is 1. The van der Waals surface area contributed by atoms with Crippen LogP contribution in [0.2, 0.25) is 0 Å². The molecule has 5 aromatic rings.